The summed E-state index contributed by atoms with van der Waals surface area (Å²) in [5.74, 6) is 0.798. The maximum Gasteiger partial charge on any atom is 0.215 e. The average Bonchev–Trinajstić information content (AvgIpc) is 2.33. The third-order valence-electron chi connectivity index (χ3n) is 3.83. The van der Waals surface area contributed by atoms with Gasteiger partial charge in [0, 0.05) is 13.1 Å². The highest BCUT2D eigenvalue weighted by Gasteiger charge is 2.18. The van der Waals surface area contributed by atoms with Crippen molar-refractivity contribution in [1.29, 1.82) is 0 Å². The minimum atomic E-state index is -3.22. The van der Waals surface area contributed by atoms with Crippen LogP contribution in [-0.4, -0.2) is 22.0 Å². The third-order valence-corrected chi connectivity index (χ3v) is 5.19. The Morgan fingerprint density at radius 2 is 2.00 bits per heavy atom. The van der Waals surface area contributed by atoms with Gasteiger partial charge in [-0.1, -0.05) is 43.5 Å². The molecule has 1 aromatic rings. The summed E-state index contributed by atoms with van der Waals surface area (Å²) < 4.78 is 26.8. The molecule has 0 saturated heterocycles. The summed E-state index contributed by atoms with van der Waals surface area (Å²) in [5, 5.41) is 3.07. The van der Waals surface area contributed by atoms with Crippen LogP contribution in [0, 0.1) is 5.92 Å². The fraction of sp³-hybridized carbons (Fsp3) is 0.600. The quantitative estimate of drug-likeness (QED) is 0.771. The van der Waals surface area contributed by atoms with Crippen LogP contribution in [0.25, 0.3) is 0 Å². The van der Waals surface area contributed by atoms with Gasteiger partial charge >= 0.3 is 0 Å². The number of sulfonamides is 1. The van der Waals surface area contributed by atoms with Crippen LogP contribution in [0.5, 0.6) is 0 Å². The molecule has 0 amide bonds. The molecule has 1 aliphatic rings. The summed E-state index contributed by atoms with van der Waals surface area (Å²) in [6, 6.07) is 7.72. The van der Waals surface area contributed by atoms with Gasteiger partial charge in [-0.2, -0.15) is 0 Å². The van der Waals surface area contributed by atoms with E-state index in [4.69, 9.17) is 0 Å². The Balaban J connectivity index is 1.84. The summed E-state index contributed by atoms with van der Waals surface area (Å²) in [6.45, 7) is 1.33. The standard InChI is InChI=1S/C15H24N2O2S/c1-16-11-14-6-3-7-15(10-14)12-20(18,19)17-9-8-13-4-2-5-13/h3,6-7,10,13,16-17H,2,4-5,8-9,11-12H2,1H3. The lowest BCUT2D eigenvalue weighted by Gasteiger charge is -2.25. The van der Waals surface area contributed by atoms with E-state index in [0.29, 0.717) is 6.54 Å². The van der Waals surface area contributed by atoms with Gasteiger partial charge in [0.1, 0.15) is 0 Å². The minimum absolute atomic E-state index is 0.0647. The van der Waals surface area contributed by atoms with Crippen LogP contribution in [0.15, 0.2) is 24.3 Å². The molecule has 20 heavy (non-hydrogen) atoms. The van der Waals surface area contributed by atoms with Gasteiger partial charge in [-0.3, -0.25) is 0 Å². The maximum atomic E-state index is 12.0. The Bertz CT molecular complexity index is 524. The second kappa shape index (κ2) is 7.20. The van der Waals surface area contributed by atoms with Gasteiger partial charge in [0.15, 0.2) is 0 Å². The maximum absolute atomic E-state index is 12.0. The SMILES string of the molecule is CNCc1cccc(CS(=O)(=O)NCCC2CCC2)c1. The first-order valence-electron chi connectivity index (χ1n) is 7.29. The van der Waals surface area contributed by atoms with E-state index in [-0.39, 0.29) is 5.75 Å². The lowest BCUT2D eigenvalue weighted by molar-refractivity contribution is 0.297. The number of hydrogen-bond acceptors (Lipinski definition) is 3. The van der Waals surface area contributed by atoms with Crippen LogP contribution in [-0.2, 0) is 22.3 Å². The van der Waals surface area contributed by atoms with Gasteiger partial charge in [0.05, 0.1) is 5.75 Å². The molecule has 0 heterocycles. The Hall–Kier alpha value is -0.910. The number of benzene rings is 1. The van der Waals surface area contributed by atoms with E-state index in [0.717, 1.165) is 30.0 Å². The molecule has 0 aromatic heterocycles. The van der Waals surface area contributed by atoms with E-state index >= 15 is 0 Å². The van der Waals surface area contributed by atoms with Crippen molar-refractivity contribution < 1.29 is 8.42 Å². The molecular weight excluding hydrogens is 272 g/mol. The fourth-order valence-corrected chi connectivity index (χ4v) is 3.65. The minimum Gasteiger partial charge on any atom is -0.316 e. The molecule has 1 saturated carbocycles. The first-order valence-corrected chi connectivity index (χ1v) is 8.94. The highest BCUT2D eigenvalue weighted by molar-refractivity contribution is 7.88. The molecule has 2 rings (SSSR count). The van der Waals surface area contributed by atoms with Gasteiger partial charge in [0.25, 0.3) is 0 Å². The Morgan fingerprint density at radius 1 is 1.25 bits per heavy atom. The highest BCUT2D eigenvalue weighted by Crippen LogP contribution is 2.28. The number of hydrogen-bond donors (Lipinski definition) is 2. The van der Waals surface area contributed by atoms with E-state index < -0.39 is 10.0 Å². The molecule has 0 spiro atoms. The van der Waals surface area contributed by atoms with Crippen molar-refractivity contribution in [3.05, 3.63) is 35.4 Å². The second-order valence-electron chi connectivity index (χ2n) is 5.59. The molecule has 0 radical (unpaired) electrons. The Kier molecular flexibility index (Phi) is 5.57. The lowest BCUT2D eigenvalue weighted by Crippen LogP contribution is -2.28. The van der Waals surface area contributed by atoms with Crippen LogP contribution in [0.3, 0.4) is 0 Å². The van der Waals surface area contributed by atoms with Gasteiger partial charge < -0.3 is 5.32 Å². The zero-order chi connectivity index (χ0) is 14.4. The number of rotatable bonds is 8. The number of nitrogens with one attached hydrogen (secondary N) is 2. The molecule has 2 N–H and O–H groups in total. The molecule has 0 atom stereocenters. The van der Waals surface area contributed by atoms with E-state index in [1.54, 1.807) is 0 Å². The zero-order valence-corrected chi connectivity index (χ0v) is 12.9. The van der Waals surface area contributed by atoms with Crippen LogP contribution < -0.4 is 10.0 Å². The molecule has 0 aliphatic heterocycles. The second-order valence-corrected chi connectivity index (χ2v) is 7.40. The summed E-state index contributed by atoms with van der Waals surface area (Å²) in [4.78, 5) is 0. The smallest absolute Gasteiger partial charge is 0.215 e. The van der Waals surface area contributed by atoms with Gasteiger partial charge in [-0.25, -0.2) is 13.1 Å². The van der Waals surface area contributed by atoms with E-state index in [1.165, 1.54) is 19.3 Å². The summed E-state index contributed by atoms with van der Waals surface area (Å²) in [7, 11) is -1.34. The predicted octanol–water partition coefficient (Wildman–Crippen LogP) is 2.02. The van der Waals surface area contributed by atoms with E-state index in [2.05, 4.69) is 10.0 Å². The molecular formula is C15H24N2O2S. The third kappa shape index (κ3) is 4.89. The highest BCUT2D eigenvalue weighted by atomic mass is 32.2. The van der Waals surface area contributed by atoms with Crippen LogP contribution in [0.2, 0.25) is 0 Å². The first-order chi connectivity index (χ1) is 9.59. The lowest BCUT2D eigenvalue weighted by atomic mass is 9.83. The Morgan fingerprint density at radius 3 is 2.65 bits per heavy atom. The molecule has 0 unspecified atom stereocenters. The fourth-order valence-electron chi connectivity index (χ4n) is 2.50. The predicted molar refractivity (Wildman–Crippen MR) is 81.8 cm³/mol. The van der Waals surface area contributed by atoms with E-state index in [1.807, 2.05) is 31.3 Å². The molecule has 5 heteroatoms. The van der Waals surface area contributed by atoms with Crippen LogP contribution in [0.4, 0.5) is 0 Å². The summed E-state index contributed by atoms with van der Waals surface area (Å²) in [5.41, 5.74) is 1.95. The average molecular weight is 296 g/mol. The molecule has 1 aliphatic carbocycles. The van der Waals surface area contributed by atoms with Crippen molar-refractivity contribution in [3.8, 4) is 0 Å². The zero-order valence-electron chi connectivity index (χ0n) is 12.1. The Labute approximate surface area is 122 Å². The van der Waals surface area contributed by atoms with Crippen molar-refractivity contribution in [2.75, 3.05) is 13.6 Å². The molecule has 0 bridgehead atoms. The first kappa shape index (κ1) is 15.5. The summed E-state index contributed by atoms with van der Waals surface area (Å²) >= 11 is 0. The van der Waals surface area contributed by atoms with Crippen LogP contribution in [0.1, 0.15) is 36.8 Å². The topological polar surface area (TPSA) is 58.2 Å². The molecule has 1 aromatic carbocycles. The van der Waals surface area contributed by atoms with Crippen molar-refractivity contribution in [1.82, 2.24) is 10.0 Å². The molecule has 1 fully saturated rings. The van der Waals surface area contributed by atoms with Crippen molar-refractivity contribution in [3.63, 3.8) is 0 Å². The van der Waals surface area contributed by atoms with Crippen LogP contribution >= 0.6 is 0 Å². The van der Waals surface area contributed by atoms with E-state index in [9.17, 15) is 8.42 Å². The molecule has 4 nitrogen and oxygen atoms in total. The summed E-state index contributed by atoms with van der Waals surface area (Å²) in [6.07, 6.45) is 4.79. The normalized spacial score (nSPS) is 16.1. The van der Waals surface area contributed by atoms with Crippen molar-refractivity contribution in [2.45, 2.75) is 38.0 Å². The largest absolute Gasteiger partial charge is 0.316 e. The van der Waals surface area contributed by atoms with Gasteiger partial charge in [0.2, 0.25) is 10.0 Å². The van der Waals surface area contributed by atoms with Crippen molar-refractivity contribution >= 4 is 10.0 Å². The monoisotopic (exact) mass is 296 g/mol. The van der Waals surface area contributed by atoms with Crippen molar-refractivity contribution in [2.24, 2.45) is 5.92 Å². The van der Waals surface area contributed by atoms with Gasteiger partial charge in [-0.15, -0.1) is 0 Å². The molecule has 112 valence electrons. The van der Waals surface area contributed by atoms with Gasteiger partial charge in [-0.05, 0) is 30.5 Å².